The average Bonchev–Trinajstić information content (AvgIpc) is 2.74. The molecule has 0 radical (unpaired) electrons. The Morgan fingerprint density at radius 2 is 2.27 bits per heavy atom. The molecule has 0 fully saturated rings. The molecule has 1 unspecified atom stereocenters. The molecule has 1 rings (SSSR count). The maximum absolute atomic E-state index is 3.53. The molecule has 1 heterocycles. The summed E-state index contributed by atoms with van der Waals surface area (Å²) in [5, 5.41) is 7.96. The van der Waals surface area contributed by atoms with Crippen LogP contribution in [0.4, 0.5) is 0 Å². The predicted octanol–water partition coefficient (Wildman–Crippen LogP) is 3.85. The van der Waals surface area contributed by atoms with Crippen molar-refractivity contribution in [2.45, 2.75) is 52.0 Å². The molecule has 0 aliphatic carbocycles. The molecule has 0 saturated heterocycles. The normalized spacial score (nSPS) is 12.9. The monoisotopic (exact) mass is 225 g/mol. The summed E-state index contributed by atoms with van der Waals surface area (Å²) in [6.07, 6.45) is 6.47. The quantitative estimate of drug-likeness (QED) is 0.663. The number of rotatable bonds is 8. The van der Waals surface area contributed by atoms with Gasteiger partial charge >= 0.3 is 0 Å². The van der Waals surface area contributed by atoms with Gasteiger partial charge in [0, 0.05) is 6.04 Å². The van der Waals surface area contributed by atoms with Gasteiger partial charge in [-0.2, -0.15) is 11.3 Å². The summed E-state index contributed by atoms with van der Waals surface area (Å²) in [5.41, 5.74) is 1.51. The molecular formula is C13H23NS. The smallest absolute Gasteiger partial charge is 0.00387 e. The largest absolute Gasteiger partial charge is 0.314 e. The fraction of sp³-hybridized carbons (Fsp3) is 0.692. The molecule has 0 saturated carbocycles. The van der Waals surface area contributed by atoms with Gasteiger partial charge in [0.25, 0.3) is 0 Å². The van der Waals surface area contributed by atoms with E-state index in [4.69, 9.17) is 0 Å². The van der Waals surface area contributed by atoms with Gasteiger partial charge in [0.1, 0.15) is 0 Å². The lowest BCUT2D eigenvalue weighted by Gasteiger charge is -2.12. The van der Waals surface area contributed by atoms with Gasteiger partial charge in [-0.3, -0.25) is 0 Å². The van der Waals surface area contributed by atoms with Gasteiger partial charge < -0.3 is 5.32 Å². The summed E-state index contributed by atoms with van der Waals surface area (Å²) in [6, 6.07) is 2.93. The van der Waals surface area contributed by atoms with Crippen molar-refractivity contribution in [3.63, 3.8) is 0 Å². The second kappa shape index (κ2) is 7.89. The molecular weight excluding hydrogens is 202 g/mol. The third kappa shape index (κ3) is 5.95. The van der Waals surface area contributed by atoms with Gasteiger partial charge in [-0.25, -0.2) is 0 Å². The van der Waals surface area contributed by atoms with Gasteiger partial charge in [0.15, 0.2) is 0 Å². The Balaban J connectivity index is 1.97. The summed E-state index contributed by atoms with van der Waals surface area (Å²) < 4.78 is 0. The molecule has 1 aromatic rings. The Kier molecular flexibility index (Phi) is 6.69. The molecule has 2 heteroatoms. The van der Waals surface area contributed by atoms with Crippen LogP contribution >= 0.6 is 11.3 Å². The van der Waals surface area contributed by atoms with Crippen molar-refractivity contribution >= 4 is 11.3 Å². The lowest BCUT2D eigenvalue weighted by molar-refractivity contribution is 0.489. The van der Waals surface area contributed by atoms with Crippen molar-refractivity contribution < 1.29 is 0 Å². The summed E-state index contributed by atoms with van der Waals surface area (Å²) >= 11 is 1.80. The van der Waals surface area contributed by atoms with Crippen molar-refractivity contribution in [2.24, 2.45) is 0 Å². The molecule has 0 spiro atoms. The van der Waals surface area contributed by atoms with Crippen LogP contribution in [0.1, 0.15) is 45.1 Å². The van der Waals surface area contributed by atoms with E-state index in [0.717, 1.165) is 6.54 Å². The van der Waals surface area contributed by atoms with Gasteiger partial charge in [-0.15, -0.1) is 0 Å². The van der Waals surface area contributed by atoms with Crippen LogP contribution in [0.5, 0.6) is 0 Å². The van der Waals surface area contributed by atoms with Gasteiger partial charge in [0.2, 0.25) is 0 Å². The average molecular weight is 225 g/mol. The molecule has 0 aliphatic heterocycles. The molecule has 1 N–H and O–H groups in total. The summed E-state index contributed by atoms with van der Waals surface area (Å²) in [6.45, 7) is 5.67. The van der Waals surface area contributed by atoms with E-state index in [9.17, 15) is 0 Å². The van der Waals surface area contributed by atoms with Crippen LogP contribution in [0.25, 0.3) is 0 Å². The third-order valence-corrected chi connectivity index (χ3v) is 3.41. The van der Waals surface area contributed by atoms with Crippen molar-refractivity contribution in [2.75, 3.05) is 6.54 Å². The third-order valence-electron chi connectivity index (χ3n) is 2.68. The van der Waals surface area contributed by atoms with E-state index in [-0.39, 0.29) is 0 Å². The number of aryl methyl sites for hydroxylation is 1. The van der Waals surface area contributed by atoms with Gasteiger partial charge in [-0.1, -0.05) is 13.3 Å². The maximum Gasteiger partial charge on any atom is 0.00387 e. The van der Waals surface area contributed by atoms with Gasteiger partial charge in [-0.05, 0) is 61.5 Å². The van der Waals surface area contributed by atoms with Crippen molar-refractivity contribution in [3.8, 4) is 0 Å². The number of hydrogen-bond acceptors (Lipinski definition) is 2. The number of hydrogen-bond donors (Lipinski definition) is 1. The standard InChI is InChI=1S/C13H23NS/c1-3-9-14-12(2)6-4-5-7-13-8-10-15-11-13/h8,10-12,14H,3-7,9H2,1-2H3. The van der Waals surface area contributed by atoms with E-state index in [1.807, 2.05) is 0 Å². The van der Waals surface area contributed by atoms with E-state index in [2.05, 4.69) is 36.0 Å². The van der Waals surface area contributed by atoms with E-state index in [1.54, 1.807) is 11.3 Å². The first-order valence-corrected chi connectivity index (χ1v) is 7.01. The predicted molar refractivity (Wildman–Crippen MR) is 69.6 cm³/mol. The topological polar surface area (TPSA) is 12.0 Å². The van der Waals surface area contributed by atoms with E-state index in [1.165, 1.54) is 37.7 Å². The molecule has 86 valence electrons. The fourth-order valence-corrected chi connectivity index (χ4v) is 2.41. The SMILES string of the molecule is CCCNC(C)CCCCc1ccsc1. The molecule has 0 bridgehead atoms. The molecule has 1 nitrogen and oxygen atoms in total. The zero-order chi connectivity index (χ0) is 10.9. The minimum absolute atomic E-state index is 0.687. The number of unbranched alkanes of at least 4 members (excludes halogenated alkanes) is 1. The van der Waals surface area contributed by atoms with Crippen LogP contribution in [-0.4, -0.2) is 12.6 Å². The Morgan fingerprint density at radius 1 is 1.40 bits per heavy atom. The van der Waals surface area contributed by atoms with Crippen molar-refractivity contribution in [1.82, 2.24) is 5.32 Å². The minimum Gasteiger partial charge on any atom is -0.314 e. The second-order valence-corrected chi connectivity index (χ2v) is 5.01. The molecule has 0 aromatic carbocycles. The molecule has 15 heavy (non-hydrogen) atoms. The van der Waals surface area contributed by atoms with Crippen LogP contribution in [0, 0.1) is 0 Å². The van der Waals surface area contributed by atoms with Crippen LogP contribution in [0.2, 0.25) is 0 Å². The highest BCUT2D eigenvalue weighted by Crippen LogP contribution is 2.11. The summed E-state index contributed by atoms with van der Waals surface area (Å²) in [7, 11) is 0. The van der Waals surface area contributed by atoms with E-state index in [0.29, 0.717) is 6.04 Å². The fourth-order valence-electron chi connectivity index (χ4n) is 1.71. The zero-order valence-corrected chi connectivity index (χ0v) is 10.8. The van der Waals surface area contributed by atoms with E-state index >= 15 is 0 Å². The Hall–Kier alpha value is -0.340. The molecule has 0 aliphatic rings. The van der Waals surface area contributed by atoms with Crippen molar-refractivity contribution in [3.05, 3.63) is 22.4 Å². The summed E-state index contributed by atoms with van der Waals surface area (Å²) in [4.78, 5) is 0. The molecule has 0 amide bonds. The highest BCUT2D eigenvalue weighted by Gasteiger charge is 2.00. The highest BCUT2D eigenvalue weighted by molar-refractivity contribution is 7.07. The lowest BCUT2D eigenvalue weighted by atomic mass is 10.1. The van der Waals surface area contributed by atoms with E-state index < -0.39 is 0 Å². The second-order valence-electron chi connectivity index (χ2n) is 4.23. The highest BCUT2D eigenvalue weighted by atomic mass is 32.1. The first kappa shape index (κ1) is 12.7. The summed E-state index contributed by atoms with van der Waals surface area (Å²) in [5.74, 6) is 0. The first-order chi connectivity index (χ1) is 7.33. The Labute approximate surface area is 97.9 Å². The van der Waals surface area contributed by atoms with Crippen molar-refractivity contribution in [1.29, 1.82) is 0 Å². The molecule has 1 aromatic heterocycles. The molecule has 1 atom stereocenters. The lowest BCUT2D eigenvalue weighted by Crippen LogP contribution is -2.26. The zero-order valence-electron chi connectivity index (χ0n) is 9.96. The minimum atomic E-state index is 0.687. The Morgan fingerprint density at radius 3 is 2.93 bits per heavy atom. The van der Waals surface area contributed by atoms with Crippen LogP contribution in [0.15, 0.2) is 16.8 Å². The van der Waals surface area contributed by atoms with Gasteiger partial charge in [0.05, 0.1) is 0 Å². The Bertz CT molecular complexity index is 231. The maximum atomic E-state index is 3.53. The number of thiophene rings is 1. The first-order valence-electron chi connectivity index (χ1n) is 6.07. The van der Waals surface area contributed by atoms with Crippen LogP contribution < -0.4 is 5.32 Å². The number of nitrogens with one attached hydrogen (secondary N) is 1. The van der Waals surface area contributed by atoms with Crippen LogP contribution in [-0.2, 0) is 6.42 Å². The van der Waals surface area contributed by atoms with Crippen LogP contribution in [0.3, 0.4) is 0 Å².